The van der Waals surface area contributed by atoms with Crippen molar-refractivity contribution in [2.45, 2.75) is 6.92 Å². The molecule has 6 aromatic rings. The van der Waals surface area contributed by atoms with Crippen LogP contribution in [0.5, 0.6) is 0 Å². The third-order valence-corrected chi connectivity index (χ3v) is 7.44. The molecule has 0 saturated heterocycles. The van der Waals surface area contributed by atoms with Crippen molar-refractivity contribution in [3.63, 3.8) is 0 Å². The number of nitrogens with zero attached hydrogens (tertiary/aromatic N) is 1. The average molecular weight is 442 g/mol. The quantitative estimate of drug-likeness (QED) is 0.257. The molecule has 0 N–H and O–H groups in total. The zero-order chi connectivity index (χ0) is 22.4. The minimum atomic E-state index is 1.17. The molecule has 0 radical (unpaired) electrons. The summed E-state index contributed by atoms with van der Waals surface area (Å²) in [5.74, 6) is 0. The first kappa shape index (κ1) is 19.8. The number of rotatable bonds is 4. The highest BCUT2D eigenvalue weighted by atomic mass is 32.1. The van der Waals surface area contributed by atoms with Crippen molar-refractivity contribution in [1.29, 1.82) is 0 Å². The topological polar surface area (TPSA) is 4.93 Å². The Morgan fingerprint density at radius 3 is 2.21 bits per heavy atom. The number of allylic oxidation sites excluding steroid dienone is 1. The van der Waals surface area contributed by atoms with Gasteiger partial charge in [-0.1, -0.05) is 79.4 Å². The summed E-state index contributed by atoms with van der Waals surface area (Å²) in [6, 6.07) is 32.8. The number of para-hydroxylation sites is 1. The molecule has 0 bridgehead atoms. The van der Waals surface area contributed by atoms with E-state index < -0.39 is 0 Å². The van der Waals surface area contributed by atoms with E-state index in [2.05, 4.69) is 121 Å². The molecule has 0 aliphatic rings. The summed E-state index contributed by atoms with van der Waals surface area (Å²) in [4.78, 5) is 1.26. The first-order valence-corrected chi connectivity index (χ1v) is 12.0. The number of aromatic nitrogens is 1. The highest BCUT2D eigenvalue weighted by Gasteiger charge is 2.16. The highest BCUT2D eigenvalue weighted by molar-refractivity contribution is 7.20. The lowest BCUT2D eigenvalue weighted by molar-refractivity contribution is 1.18. The van der Waals surface area contributed by atoms with Gasteiger partial charge >= 0.3 is 0 Å². The Morgan fingerprint density at radius 1 is 0.727 bits per heavy atom. The van der Waals surface area contributed by atoms with Crippen molar-refractivity contribution in [3.8, 4) is 16.8 Å². The summed E-state index contributed by atoms with van der Waals surface area (Å²) in [5, 5.41) is 3.83. The van der Waals surface area contributed by atoms with E-state index >= 15 is 0 Å². The second-order valence-electron chi connectivity index (χ2n) is 8.22. The molecule has 2 heterocycles. The fourth-order valence-corrected chi connectivity index (χ4v) is 5.99. The van der Waals surface area contributed by atoms with Crippen LogP contribution in [-0.2, 0) is 0 Å². The molecule has 2 heteroatoms. The Balaban J connectivity index is 1.63. The first-order chi connectivity index (χ1) is 16.3. The molecular weight excluding hydrogens is 418 g/mol. The first-order valence-electron chi connectivity index (χ1n) is 11.2. The molecule has 2 aromatic heterocycles. The Morgan fingerprint density at radius 2 is 1.45 bits per heavy atom. The van der Waals surface area contributed by atoms with E-state index in [1.807, 2.05) is 17.4 Å². The number of thiophene rings is 1. The third-order valence-electron chi connectivity index (χ3n) is 6.30. The van der Waals surface area contributed by atoms with Gasteiger partial charge in [0.25, 0.3) is 0 Å². The Labute approximate surface area is 197 Å². The maximum Gasteiger partial charge on any atom is 0.0548 e. The Bertz CT molecular complexity index is 1660. The molecule has 0 aliphatic heterocycles. The van der Waals surface area contributed by atoms with Crippen LogP contribution in [0.25, 0.3) is 60.9 Å². The predicted octanol–water partition coefficient (Wildman–Crippen LogP) is 9.34. The van der Waals surface area contributed by atoms with Crippen molar-refractivity contribution in [3.05, 3.63) is 114 Å². The van der Waals surface area contributed by atoms with Crippen LogP contribution in [0.15, 0.2) is 104 Å². The monoisotopic (exact) mass is 441 g/mol. The zero-order valence-electron chi connectivity index (χ0n) is 18.5. The van der Waals surface area contributed by atoms with Crippen LogP contribution in [0.4, 0.5) is 0 Å². The Kier molecular flexibility index (Phi) is 4.74. The van der Waals surface area contributed by atoms with Crippen LogP contribution in [0.2, 0.25) is 0 Å². The van der Waals surface area contributed by atoms with Gasteiger partial charge in [0.15, 0.2) is 0 Å². The van der Waals surface area contributed by atoms with Gasteiger partial charge in [0.2, 0.25) is 0 Å². The molecule has 0 saturated carbocycles. The molecule has 0 atom stereocenters. The second kappa shape index (κ2) is 7.91. The van der Waals surface area contributed by atoms with Crippen LogP contribution in [0.3, 0.4) is 0 Å². The van der Waals surface area contributed by atoms with Gasteiger partial charge in [0.1, 0.15) is 0 Å². The summed E-state index contributed by atoms with van der Waals surface area (Å²) in [5.41, 5.74) is 7.30. The van der Waals surface area contributed by atoms with Crippen molar-refractivity contribution < 1.29 is 0 Å². The van der Waals surface area contributed by atoms with E-state index in [1.165, 1.54) is 59.1 Å². The van der Waals surface area contributed by atoms with Gasteiger partial charge in [-0.15, -0.1) is 11.3 Å². The van der Waals surface area contributed by atoms with Gasteiger partial charge in [-0.25, -0.2) is 0 Å². The predicted molar refractivity (Wildman–Crippen MR) is 146 cm³/mol. The molecule has 1 nitrogen and oxygen atoms in total. The average Bonchev–Trinajstić information content (AvgIpc) is 3.37. The molecule has 158 valence electrons. The summed E-state index contributed by atoms with van der Waals surface area (Å²) in [6.45, 7) is 6.17. The van der Waals surface area contributed by atoms with E-state index in [4.69, 9.17) is 0 Å². The summed E-state index contributed by atoms with van der Waals surface area (Å²) < 4.78 is 3.69. The van der Waals surface area contributed by atoms with Gasteiger partial charge < -0.3 is 4.57 Å². The molecule has 0 spiro atoms. The summed E-state index contributed by atoms with van der Waals surface area (Å²) in [7, 11) is 0. The van der Waals surface area contributed by atoms with E-state index in [9.17, 15) is 0 Å². The summed E-state index contributed by atoms with van der Waals surface area (Å²) >= 11 is 1.83. The number of hydrogen-bond acceptors (Lipinski definition) is 1. The van der Waals surface area contributed by atoms with Gasteiger partial charge in [0.05, 0.1) is 11.0 Å². The highest BCUT2D eigenvalue weighted by Crippen LogP contribution is 2.40. The van der Waals surface area contributed by atoms with E-state index in [0.717, 1.165) is 0 Å². The van der Waals surface area contributed by atoms with Crippen molar-refractivity contribution in [2.75, 3.05) is 0 Å². The molecule has 6 rings (SSSR count). The standard InChI is InChI=1S/C31H23NS/c1-3-10-30-24(4-2)27-19-29-26(20-31(27)33-30)25-13-8-9-14-28(25)32(29)23-17-15-22(16-18-23)21-11-6-5-7-12-21/h3-20H,2H2,1H3/b10-3-. The third kappa shape index (κ3) is 3.14. The van der Waals surface area contributed by atoms with E-state index in [-0.39, 0.29) is 0 Å². The maximum atomic E-state index is 4.10. The van der Waals surface area contributed by atoms with E-state index in [1.54, 1.807) is 0 Å². The van der Waals surface area contributed by atoms with E-state index in [0.29, 0.717) is 0 Å². The second-order valence-corrected chi connectivity index (χ2v) is 9.30. The number of fused-ring (bicyclic) bond motifs is 4. The molecule has 0 fully saturated rings. The van der Waals surface area contributed by atoms with Crippen LogP contribution in [0.1, 0.15) is 17.4 Å². The van der Waals surface area contributed by atoms with Gasteiger partial charge in [-0.05, 0) is 60.0 Å². The Hall–Kier alpha value is -3.88. The van der Waals surface area contributed by atoms with Crippen LogP contribution in [-0.4, -0.2) is 4.57 Å². The SMILES string of the molecule is C=Cc1c(/C=C\C)sc2cc3c4ccccc4n(-c4ccc(-c5ccccc5)cc4)c3cc12. The molecular formula is C31H23NS. The lowest BCUT2D eigenvalue weighted by Gasteiger charge is -2.09. The molecule has 0 amide bonds. The molecule has 0 unspecified atom stereocenters. The lowest BCUT2D eigenvalue weighted by atomic mass is 10.1. The molecule has 0 aliphatic carbocycles. The number of benzene rings is 4. The maximum absolute atomic E-state index is 4.10. The van der Waals surface area contributed by atoms with Crippen molar-refractivity contribution in [2.24, 2.45) is 0 Å². The van der Waals surface area contributed by atoms with Crippen molar-refractivity contribution in [1.82, 2.24) is 4.57 Å². The van der Waals surface area contributed by atoms with Crippen LogP contribution in [0, 0.1) is 0 Å². The fraction of sp³-hybridized carbons (Fsp3) is 0.0323. The van der Waals surface area contributed by atoms with Gasteiger partial charge in [-0.3, -0.25) is 0 Å². The minimum Gasteiger partial charge on any atom is -0.309 e. The fourth-order valence-electron chi connectivity index (χ4n) is 4.79. The lowest BCUT2D eigenvalue weighted by Crippen LogP contribution is -1.93. The van der Waals surface area contributed by atoms with Gasteiger partial charge in [-0.2, -0.15) is 0 Å². The van der Waals surface area contributed by atoms with Gasteiger partial charge in [0, 0.05) is 31.4 Å². The smallest absolute Gasteiger partial charge is 0.0548 e. The van der Waals surface area contributed by atoms with Crippen LogP contribution >= 0.6 is 11.3 Å². The molecule has 33 heavy (non-hydrogen) atoms. The minimum absolute atomic E-state index is 1.17. The normalized spacial score (nSPS) is 11.8. The van der Waals surface area contributed by atoms with Crippen LogP contribution < -0.4 is 0 Å². The zero-order valence-corrected chi connectivity index (χ0v) is 19.3. The number of hydrogen-bond donors (Lipinski definition) is 0. The van der Waals surface area contributed by atoms with Crippen molar-refractivity contribution >= 4 is 55.4 Å². The largest absolute Gasteiger partial charge is 0.309 e. The molecule has 4 aromatic carbocycles. The summed E-state index contributed by atoms with van der Waals surface area (Å²) in [6.07, 6.45) is 6.27.